The van der Waals surface area contributed by atoms with Crippen LogP contribution in [0.15, 0.2) is 18.3 Å². The number of halogens is 1. The first-order chi connectivity index (χ1) is 17.8. The van der Waals surface area contributed by atoms with Crippen LogP contribution in [0.5, 0.6) is 0 Å². The molecule has 1 atom stereocenters. The highest BCUT2D eigenvalue weighted by Gasteiger charge is 2.37. The quantitative estimate of drug-likeness (QED) is 0.518. The van der Waals surface area contributed by atoms with Gasteiger partial charge < -0.3 is 20.3 Å². The highest BCUT2D eigenvalue weighted by Crippen LogP contribution is 2.38. The van der Waals surface area contributed by atoms with E-state index < -0.39 is 0 Å². The largest absolute Gasteiger partial charge is 0.365 e. The number of aromatic nitrogens is 4. The van der Waals surface area contributed by atoms with Crippen LogP contribution in [0.1, 0.15) is 37.9 Å². The summed E-state index contributed by atoms with van der Waals surface area (Å²) >= 11 is 6.92. The van der Waals surface area contributed by atoms with Crippen molar-refractivity contribution >= 4 is 40.4 Å². The SMILES string of the molecule is CC1(C)CO[C@@H]2CN(c3cc(C#N)cc(Nc4nc(NC5CC5)c5ncc(C#N)n5n4)c3Cl)CCN2C1. The molecule has 2 aromatic heterocycles. The van der Waals surface area contributed by atoms with Crippen LogP contribution in [0.4, 0.5) is 23.1 Å². The molecule has 4 heterocycles. The average molecular weight is 519 g/mol. The molecule has 0 amide bonds. The molecule has 3 aliphatic rings. The minimum atomic E-state index is -0.0209. The number of nitrogens with one attached hydrogen (secondary N) is 2. The van der Waals surface area contributed by atoms with Crippen molar-refractivity contribution in [2.75, 3.05) is 48.3 Å². The first kappa shape index (κ1) is 23.7. The molecule has 0 unspecified atom stereocenters. The molecule has 1 saturated carbocycles. The van der Waals surface area contributed by atoms with E-state index in [-0.39, 0.29) is 17.6 Å². The van der Waals surface area contributed by atoms with Crippen LogP contribution < -0.4 is 15.5 Å². The Bertz CT molecular complexity index is 1450. The maximum absolute atomic E-state index is 9.76. The smallest absolute Gasteiger partial charge is 0.247 e. The Kier molecular flexibility index (Phi) is 5.80. The molecular formula is C25H27ClN10O. The lowest BCUT2D eigenvalue weighted by molar-refractivity contribution is -0.146. The number of imidazole rings is 1. The van der Waals surface area contributed by atoms with Crippen LogP contribution in [-0.2, 0) is 4.74 Å². The average Bonchev–Trinajstić information content (AvgIpc) is 3.60. The molecule has 1 aliphatic carbocycles. The molecule has 0 bridgehead atoms. The first-order valence-corrected chi connectivity index (χ1v) is 12.7. The number of nitrogens with zero attached hydrogens (tertiary/aromatic N) is 8. The highest BCUT2D eigenvalue weighted by molar-refractivity contribution is 6.36. The Balaban J connectivity index is 1.32. The third kappa shape index (κ3) is 4.62. The molecule has 0 spiro atoms. The van der Waals surface area contributed by atoms with Crippen molar-refractivity contribution in [1.29, 1.82) is 10.5 Å². The molecule has 3 aromatic rings. The predicted molar refractivity (Wildman–Crippen MR) is 139 cm³/mol. The van der Waals surface area contributed by atoms with E-state index in [9.17, 15) is 10.5 Å². The standard InChI is InChI=1S/C25H27ClN10O/c1-25(2)13-35-6-5-34(12-20(35)37-14-25)19-8-15(9-27)7-18(21(19)26)31-24-32-22(30-16-3-4-16)23-29-11-17(10-28)36(23)33-24/h7-8,11,16,20H,3-6,12-14H2,1-2H3,(H2,30,31,32,33)/t20-/m1/s1. The normalized spacial score (nSPS) is 21.2. The molecule has 2 aliphatic heterocycles. The minimum absolute atomic E-state index is 0.0209. The Morgan fingerprint density at radius 2 is 2.03 bits per heavy atom. The summed E-state index contributed by atoms with van der Waals surface area (Å²) in [7, 11) is 0. The van der Waals surface area contributed by atoms with Gasteiger partial charge in [-0.1, -0.05) is 25.4 Å². The predicted octanol–water partition coefficient (Wildman–Crippen LogP) is 3.34. The Hall–Kier alpha value is -3.64. The Labute approximate surface area is 219 Å². The molecule has 11 nitrogen and oxygen atoms in total. The Morgan fingerprint density at radius 1 is 1.19 bits per heavy atom. The van der Waals surface area contributed by atoms with Crippen molar-refractivity contribution in [3.05, 3.63) is 34.6 Å². The molecule has 2 saturated heterocycles. The van der Waals surface area contributed by atoms with E-state index in [0.717, 1.165) is 38.2 Å². The fourth-order valence-corrected chi connectivity index (χ4v) is 5.18. The van der Waals surface area contributed by atoms with Gasteiger partial charge >= 0.3 is 0 Å². The summed E-state index contributed by atoms with van der Waals surface area (Å²) in [5.74, 6) is 0.790. The van der Waals surface area contributed by atoms with E-state index in [1.54, 1.807) is 6.07 Å². The zero-order valence-corrected chi connectivity index (χ0v) is 21.5. The van der Waals surface area contributed by atoms with Gasteiger partial charge in [0, 0.05) is 31.1 Å². The number of hydrogen-bond acceptors (Lipinski definition) is 10. The molecule has 37 heavy (non-hydrogen) atoms. The summed E-state index contributed by atoms with van der Waals surface area (Å²) in [5.41, 5.74) is 2.65. The second kappa shape index (κ2) is 9.03. The van der Waals surface area contributed by atoms with Gasteiger partial charge in [0.25, 0.3) is 0 Å². The van der Waals surface area contributed by atoms with Gasteiger partial charge in [0.15, 0.2) is 17.2 Å². The van der Waals surface area contributed by atoms with E-state index in [0.29, 0.717) is 52.6 Å². The third-order valence-electron chi connectivity index (χ3n) is 6.90. The second-order valence-electron chi connectivity index (χ2n) is 10.6. The lowest BCUT2D eigenvalue weighted by atomic mass is 9.92. The third-order valence-corrected chi connectivity index (χ3v) is 7.30. The van der Waals surface area contributed by atoms with Gasteiger partial charge in [-0.2, -0.15) is 20.0 Å². The van der Waals surface area contributed by atoms with E-state index in [1.807, 2.05) is 6.07 Å². The van der Waals surface area contributed by atoms with Crippen LogP contribution in [0.3, 0.4) is 0 Å². The first-order valence-electron chi connectivity index (χ1n) is 12.4. The van der Waals surface area contributed by atoms with E-state index in [2.05, 4.69) is 61.5 Å². The summed E-state index contributed by atoms with van der Waals surface area (Å²) in [4.78, 5) is 13.5. The number of anilines is 4. The molecular weight excluding hydrogens is 492 g/mol. The Morgan fingerprint density at radius 3 is 2.78 bits per heavy atom. The van der Waals surface area contributed by atoms with Crippen LogP contribution in [-0.4, -0.2) is 69.5 Å². The number of benzene rings is 1. The fourth-order valence-electron chi connectivity index (χ4n) is 4.91. The lowest BCUT2D eigenvalue weighted by Crippen LogP contribution is -2.60. The molecule has 12 heteroatoms. The highest BCUT2D eigenvalue weighted by atomic mass is 35.5. The molecule has 2 N–H and O–H groups in total. The van der Waals surface area contributed by atoms with Gasteiger partial charge in [-0.05, 0) is 25.0 Å². The zero-order chi connectivity index (χ0) is 25.7. The van der Waals surface area contributed by atoms with E-state index in [4.69, 9.17) is 16.3 Å². The number of fused-ring (bicyclic) bond motifs is 2. The summed E-state index contributed by atoms with van der Waals surface area (Å²) < 4.78 is 7.64. The van der Waals surface area contributed by atoms with Crippen LogP contribution in [0.2, 0.25) is 5.02 Å². The zero-order valence-electron chi connectivity index (χ0n) is 20.7. The number of piperazine rings is 1. The fraction of sp³-hybridized carbons (Fsp3) is 0.480. The van der Waals surface area contributed by atoms with Gasteiger partial charge in [0.2, 0.25) is 5.95 Å². The van der Waals surface area contributed by atoms with Crippen molar-refractivity contribution in [2.24, 2.45) is 5.41 Å². The van der Waals surface area contributed by atoms with Gasteiger partial charge in [-0.3, -0.25) is 4.90 Å². The topological polar surface area (TPSA) is 130 Å². The summed E-state index contributed by atoms with van der Waals surface area (Å²) in [6, 6.07) is 8.17. The molecule has 190 valence electrons. The van der Waals surface area contributed by atoms with Crippen molar-refractivity contribution < 1.29 is 4.74 Å². The monoisotopic (exact) mass is 518 g/mol. The lowest BCUT2D eigenvalue weighted by Gasteiger charge is -2.49. The number of ether oxygens (including phenoxy) is 1. The van der Waals surface area contributed by atoms with Crippen molar-refractivity contribution in [3.63, 3.8) is 0 Å². The number of nitriles is 2. The minimum Gasteiger partial charge on any atom is -0.365 e. The van der Waals surface area contributed by atoms with E-state index in [1.165, 1.54) is 10.7 Å². The number of rotatable bonds is 5. The van der Waals surface area contributed by atoms with Crippen molar-refractivity contribution in [3.8, 4) is 12.1 Å². The molecule has 3 fully saturated rings. The maximum atomic E-state index is 9.76. The van der Waals surface area contributed by atoms with E-state index >= 15 is 0 Å². The molecule has 1 aromatic carbocycles. The summed E-state index contributed by atoms with van der Waals surface area (Å²) in [5, 5.41) is 30.8. The molecule has 6 rings (SSSR count). The summed E-state index contributed by atoms with van der Waals surface area (Å²) in [6.45, 7) is 8.39. The van der Waals surface area contributed by atoms with Crippen molar-refractivity contribution in [1.82, 2.24) is 24.5 Å². The van der Waals surface area contributed by atoms with Gasteiger partial charge in [-0.25, -0.2) is 4.98 Å². The second-order valence-corrected chi connectivity index (χ2v) is 11.0. The summed E-state index contributed by atoms with van der Waals surface area (Å²) in [6.07, 6.45) is 3.56. The van der Waals surface area contributed by atoms with Gasteiger partial charge in [0.1, 0.15) is 12.3 Å². The maximum Gasteiger partial charge on any atom is 0.247 e. The number of hydrogen-bond donors (Lipinski definition) is 2. The van der Waals surface area contributed by atoms with Crippen LogP contribution >= 0.6 is 11.6 Å². The van der Waals surface area contributed by atoms with Gasteiger partial charge in [0.05, 0.1) is 47.4 Å². The van der Waals surface area contributed by atoms with Crippen LogP contribution in [0.25, 0.3) is 5.65 Å². The van der Waals surface area contributed by atoms with Crippen LogP contribution in [0, 0.1) is 28.1 Å². The molecule has 0 radical (unpaired) electrons. The van der Waals surface area contributed by atoms with Crippen molar-refractivity contribution in [2.45, 2.75) is 39.0 Å². The van der Waals surface area contributed by atoms with Gasteiger partial charge in [-0.15, -0.1) is 5.10 Å².